The van der Waals surface area contributed by atoms with Gasteiger partial charge in [0.2, 0.25) is 0 Å². The molecule has 0 saturated carbocycles. The highest BCUT2D eigenvalue weighted by atomic mass is 19.1. The third-order valence-electron chi connectivity index (χ3n) is 3.68. The van der Waals surface area contributed by atoms with Gasteiger partial charge in [0, 0.05) is 25.7 Å². The maximum absolute atomic E-state index is 14.9. The Balaban J connectivity index is 1.91. The van der Waals surface area contributed by atoms with Crippen LogP contribution in [0.25, 0.3) is 0 Å². The molecule has 1 aromatic rings. The minimum absolute atomic E-state index is 0.294. The lowest BCUT2D eigenvalue weighted by atomic mass is 9.87. The Morgan fingerprint density at radius 2 is 2.09 bits per heavy atom. The van der Waals surface area contributed by atoms with Crippen molar-refractivity contribution in [2.24, 2.45) is 0 Å². The normalized spacial score (nSPS) is 18.1. The van der Waals surface area contributed by atoms with Gasteiger partial charge in [-0.2, -0.15) is 0 Å². The number of alkyl halides is 1. The van der Waals surface area contributed by atoms with Gasteiger partial charge in [0.15, 0.2) is 0 Å². The summed E-state index contributed by atoms with van der Waals surface area (Å²) in [5.41, 5.74) is 4.61. The van der Waals surface area contributed by atoms with Crippen molar-refractivity contribution in [1.29, 1.82) is 0 Å². The molecule has 0 bridgehead atoms. The summed E-state index contributed by atoms with van der Waals surface area (Å²) in [5, 5.41) is 0. The molecule has 1 fully saturated rings. The Hall–Kier alpha value is -1.85. The van der Waals surface area contributed by atoms with Gasteiger partial charge in [0.25, 0.3) is 0 Å². The Morgan fingerprint density at radius 3 is 2.64 bits per heavy atom. The predicted molar refractivity (Wildman–Crippen MR) is 83.2 cm³/mol. The molecule has 1 aliphatic heterocycles. The zero-order valence-electron chi connectivity index (χ0n) is 13.4. The van der Waals surface area contributed by atoms with Gasteiger partial charge in [0.05, 0.1) is 0 Å². The highest BCUT2D eigenvalue weighted by molar-refractivity contribution is 5.68. The molecule has 0 atom stereocenters. The van der Waals surface area contributed by atoms with Crippen LogP contribution in [-0.2, 0) is 11.2 Å². The molecular weight excluding hydrogens is 285 g/mol. The van der Waals surface area contributed by atoms with E-state index in [0.717, 1.165) is 5.56 Å². The molecule has 22 heavy (non-hydrogen) atoms. The number of rotatable bonds is 2. The maximum atomic E-state index is 14.9. The van der Waals surface area contributed by atoms with Crippen molar-refractivity contribution in [2.45, 2.75) is 51.3 Å². The zero-order valence-corrected chi connectivity index (χ0v) is 13.4. The smallest absolute Gasteiger partial charge is 0.410 e. The highest BCUT2D eigenvalue weighted by Gasteiger charge is 2.37. The average molecular weight is 309 g/mol. The van der Waals surface area contributed by atoms with Gasteiger partial charge < -0.3 is 15.4 Å². The number of piperidine rings is 1. The van der Waals surface area contributed by atoms with Crippen LogP contribution >= 0.6 is 0 Å². The fraction of sp³-hybridized carbons (Fsp3) is 0.625. The van der Waals surface area contributed by atoms with E-state index in [1.165, 1.54) is 0 Å². The number of aromatic nitrogens is 1. The lowest BCUT2D eigenvalue weighted by Crippen LogP contribution is -2.47. The Labute approximate surface area is 130 Å². The van der Waals surface area contributed by atoms with Crippen molar-refractivity contribution in [1.82, 2.24) is 9.88 Å². The summed E-state index contributed by atoms with van der Waals surface area (Å²) in [4.78, 5) is 17.5. The first-order valence-corrected chi connectivity index (χ1v) is 7.54. The van der Waals surface area contributed by atoms with E-state index >= 15 is 0 Å². The number of hydrogen-bond acceptors (Lipinski definition) is 4. The highest BCUT2D eigenvalue weighted by Crippen LogP contribution is 2.31. The number of carbonyl (C=O) groups is 1. The summed E-state index contributed by atoms with van der Waals surface area (Å²) < 4.78 is 20.2. The van der Waals surface area contributed by atoms with Crippen molar-refractivity contribution < 1.29 is 13.9 Å². The van der Waals surface area contributed by atoms with E-state index in [0.29, 0.717) is 38.2 Å². The van der Waals surface area contributed by atoms with Gasteiger partial charge >= 0.3 is 6.09 Å². The number of nitrogens with zero attached hydrogens (tertiary/aromatic N) is 2. The second kappa shape index (κ2) is 6.10. The molecule has 2 rings (SSSR count). The number of hydrogen-bond donors (Lipinski definition) is 1. The minimum Gasteiger partial charge on any atom is -0.444 e. The van der Waals surface area contributed by atoms with Crippen LogP contribution in [0.4, 0.5) is 15.0 Å². The standard InChI is InChI=1S/C16H24FN3O2/c1-15(2,3)22-14(21)20-8-5-16(17,6-9-20)11-12-4-7-19-13(18)10-12/h4,7,10H,5-6,8-9,11H2,1-3H3,(H2,18,19). The van der Waals surface area contributed by atoms with Crippen molar-refractivity contribution in [2.75, 3.05) is 18.8 Å². The van der Waals surface area contributed by atoms with E-state index in [-0.39, 0.29) is 6.09 Å². The number of ether oxygens (including phenoxy) is 1. The fourth-order valence-electron chi connectivity index (χ4n) is 2.56. The van der Waals surface area contributed by atoms with Gasteiger partial charge in [-0.15, -0.1) is 0 Å². The van der Waals surface area contributed by atoms with E-state index in [1.807, 2.05) is 20.8 Å². The lowest BCUT2D eigenvalue weighted by molar-refractivity contribution is 0.00340. The van der Waals surface area contributed by atoms with Crippen LogP contribution in [-0.4, -0.2) is 40.3 Å². The molecule has 2 heterocycles. The first kappa shape index (κ1) is 16.5. The van der Waals surface area contributed by atoms with Crippen LogP contribution in [0.5, 0.6) is 0 Å². The molecule has 1 aromatic heterocycles. The monoisotopic (exact) mass is 309 g/mol. The van der Waals surface area contributed by atoms with Crippen LogP contribution in [0.2, 0.25) is 0 Å². The van der Waals surface area contributed by atoms with Crippen molar-refractivity contribution in [3.8, 4) is 0 Å². The molecule has 122 valence electrons. The minimum atomic E-state index is -1.31. The van der Waals surface area contributed by atoms with Crippen LogP contribution in [0.3, 0.4) is 0 Å². The Bertz CT molecular complexity index is 534. The lowest BCUT2D eigenvalue weighted by Gasteiger charge is -2.37. The summed E-state index contributed by atoms with van der Waals surface area (Å²) in [6, 6.07) is 3.47. The van der Waals surface area contributed by atoms with Crippen LogP contribution in [0, 0.1) is 0 Å². The predicted octanol–water partition coefficient (Wildman–Crippen LogP) is 2.95. The molecule has 5 nitrogen and oxygen atoms in total. The van der Waals surface area contributed by atoms with Crippen molar-refractivity contribution in [3.05, 3.63) is 23.9 Å². The summed E-state index contributed by atoms with van der Waals surface area (Å²) >= 11 is 0. The summed E-state index contributed by atoms with van der Waals surface area (Å²) in [7, 11) is 0. The molecule has 0 aromatic carbocycles. The molecule has 1 aliphatic rings. The zero-order chi connectivity index (χ0) is 16.4. The molecular formula is C16H24FN3O2. The largest absolute Gasteiger partial charge is 0.444 e. The third-order valence-corrected chi connectivity index (χ3v) is 3.68. The summed E-state index contributed by atoms with van der Waals surface area (Å²) in [6.45, 7) is 6.20. The molecule has 0 spiro atoms. The number of carbonyl (C=O) groups excluding carboxylic acids is 1. The van der Waals surface area contributed by atoms with Gasteiger partial charge in [-0.25, -0.2) is 14.2 Å². The second-order valence-corrected chi connectivity index (χ2v) is 6.88. The van der Waals surface area contributed by atoms with E-state index < -0.39 is 11.3 Å². The number of nitrogens with two attached hydrogens (primary N) is 1. The Morgan fingerprint density at radius 1 is 1.45 bits per heavy atom. The van der Waals surface area contributed by atoms with Crippen molar-refractivity contribution in [3.63, 3.8) is 0 Å². The molecule has 0 radical (unpaired) electrons. The Kier molecular flexibility index (Phi) is 4.58. The van der Waals surface area contributed by atoms with Gasteiger partial charge in [0.1, 0.15) is 17.1 Å². The number of likely N-dealkylation sites (tertiary alicyclic amines) is 1. The van der Waals surface area contributed by atoms with Crippen LogP contribution in [0.1, 0.15) is 39.2 Å². The number of anilines is 1. The second-order valence-electron chi connectivity index (χ2n) is 6.88. The molecule has 0 unspecified atom stereocenters. The third kappa shape index (κ3) is 4.58. The quantitative estimate of drug-likeness (QED) is 0.912. The maximum Gasteiger partial charge on any atom is 0.410 e. The van der Waals surface area contributed by atoms with Gasteiger partial charge in [-0.05, 0) is 51.3 Å². The van der Waals surface area contributed by atoms with Crippen LogP contribution < -0.4 is 5.73 Å². The molecule has 1 amide bonds. The summed E-state index contributed by atoms with van der Waals surface area (Å²) in [5.74, 6) is 0.396. The number of halogens is 1. The average Bonchev–Trinajstić information content (AvgIpc) is 2.36. The first-order valence-electron chi connectivity index (χ1n) is 7.54. The number of pyridine rings is 1. The molecule has 2 N–H and O–H groups in total. The van der Waals surface area contributed by atoms with E-state index in [2.05, 4.69) is 4.98 Å². The van der Waals surface area contributed by atoms with E-state index in [9.17, 15) is 9.18 Å². The van der Waals surface area contributed by atoms with Crippen LogP contribution in [0.15, 0.2) is 18.3 Å². The number of amides is 1. The topological polar surface area (TPSA) is 68.5 Å². The fourth-order valence-corrected chi connectivity index (χ4v) is 2.56. The number of nitrogen functional groups attached to an aromatic ring is 1. The van der Waals surface area contributed by atoms with Crippen molar-refractivity contribution >= 4 is 11.9 Å². The first-order chi connectivity index (χ1) is 10.2. The van der Waals surface area contributed by atoms with Gasteiger partial charge in [-0.1, -0.05) is 0 Å². The summed E-state index contributed by atoms with van der Waals surface area (Å²) in [6.07, 6.45) is 2.11. The molecule has 1 saturated heterocycles. The van der Waals surface area contributed by atoms with E-state index in [4.69, 9.17) is 10.5 Å². The van der Waals surface area contributed by atoms with E-state index in [1.54, 1.807) is 23.2 Å². The molecule has 0 aliphatic carbocycles. The SMILES string of the molecule is CC(C)(C)OC(=O)N1CCC(F)(Cc2ccnc(N)c2)CC1. The molecule has 6 heteroatoms. The van der Waals surface area contributed by atoms with Gasteiger partial charge in [-0.3, -0.25) is 0 Å².